The molecule has 0 aromatic carbocycles. The van der Waals surface area contributed by atoms with Crippen LogP contribution in [0.15, 0.2) is 0 Å². The fraction of sp³-hybridized carbons (Fsp3) is 0.929. The number of hydrogen-bond acceptors (Lipinski definition) is 2. The van der Waals surface area contributed by atoms with Crippen LogP contribution in [0, 0.1) is 11.8 Å². The van der Waals surface area contributed by atoms with Crippen molar-refractivity contribution in [1.29, 1.82) is 0 Å². The van der Waals surface area contributed by atoms with Crippen LogP contribution in [0.4, 0.5) is 0 Å². The minimum Gasteiger partial charge on any atom is -0.307 e. The predicted molar refractivity (Wildman–Crippen MR) is 66.4 cm³/mol. The Bertz CT molecular complexity index is 223. The van der Waals surface area contributed by atoms with Gasteiger partial charge in [-0.3, -0.25) is 4.79 Å². The van der Waals surface area contributed by atoms with Gasteiger partial charge in [0.25, 0.3) is 0 Å². The Labute approximate surface area is 99.2 Å². The highest BCUT2D eigenvalue weighted by molar-refractivity contribution is 5.86. The van der Waals surface area contributed by atoms with Gasteiger partial charge in [0.2, 0.25) is 0 Å². The number of carbonyl (C=O) groups is 1. The SMILES string of the molecule is CC1CCC(C(=O)C2CCCCCN2)CC1. The molecule has 0 aromatic heterocycles. The zero-order chi connectivity index (χ0) is 11.4. The molecule has 2 heteroatoms. The smallest absolute Gasteiger partial charge is 0.152 e. The summed E-state index contributed by atoms with van der Waals surface area (Å²) in [4.78, 5) is 12.4. The molecule has 2 nitrogen and oxygen atoms in total. The monoisotopic (exact) mass is 223 g/mol. The minimum atomic E-state index is 0.181. The van der Waals surface area contributed by atoms with Gasteiger partial charge in [-0.05, 0) is 38.1 Å². The number of hydrogen-bond donors (Lipinski definition) is 1. The molecule has 0 amide bonds. The van der Waals surface area contributed by atoms with Gasteiger partial charge in [0.05, 0.1) is 6.04 Å². The Hall–Kier alpha value is -0.370. The molecule has 1 atom stereocenters. The summed E-state index contributed by atoms with van der Waals surface area (Å²) >= 11 is 0. The summed E-state index contributed by atoms with van der Waals surface area (Å²) in [5, 5.41) is 3.44. The first-order valence-electron chi connectivity index (χ1n) is 7.04. The van der Waals surface area contributed by atoms with E-state index in [2.05, 4.69) is 12.2 Å². The number of rotatable bonds is 2. The molecule has 1 aliphatic heterocycles. The number of ketones is 1. The Morgan fingerprint density at radius 2 is 1.75 bits per heavy atom. The quantitative estimate of drug-likeness (QED) is 0.780. The van der Waals surface area contributed by atoms with Crippen molar-refractivity contribution in [3.05, 3.63) is 0 Å². The van der Waals surface area contributed by atoms with Gasteiger partial charge in [-0.15, -0.1) is 0 Å². The van der Waals surface area contributed by atoms with Gasteiger partial charge < -0.3 is 5.32 Å². The van der Waals surface area contributed by atoms with Crippen LogP contribution in [0.2, 0.25) is 0 Å². The summed E-state index contributed by atoms with van der Waals surface area (Å²) in [5.74, 6) is 1.73. The number of Topliss-reactive ketones (excluding diaryl/α,β-unsaturated/α-hetero) is 1. The largest absolute Gasteiger partial charge is 0.307 e. The maximum atomic E-state index is 12.4. The van der Waals surface area contributed by atoms with E-state index in [1.54, 1.807) is 0 Å². The van der Waals surface area contributed by atoms with E-state index in [-0.39, 0.29) is 6.04 Å². The highest BCUT2D eigenvalue weighted by atomic mass is 16.1. The third-order valence-electron chi connectivity index (χ3n) is 4.32. The number of nitrogens with one attached hydrogen (secondary N) is 1. The molecule has 1 heterocycles. The van der Waals surface area contributed by atoms with E-state index >= 15 is 0 Å². The van der Waals surface area contributed by atoms with Crippen molar-refractivity contribution in [1.82, 2.24) is 5.32 Å². The van der Waals surface area contributed by atoms with Crippen LogP contribution in [-0.4, -0.2) is 18.4 Å². The van der Waals surface area contributed by atoms with Crippen molar-refractivity contribution in [2.24, 2.45) is 11.8 Å². The van der Waals surface area contributed by atoms with Gasteiger partial charge in [-0.2, -0.15) is 0 Å². The first kappa shape index (κ1) is 12.1. The maximum Gasteiger partial charge on any atom is 0.152 e. The van der Waals surface area contributed by atoms with Crippen molar-refractivity contribution in [3.8, 4) is 0 Å². The Balaban J connectivity index is 1.85. The van der Waals surface area contributed by atoms with E-state index in [0.717, 1.165) is 31.7 Å². The lowest BCUT2D eigenvalue weighted by Gasteiger charge is -2.28. The molecule has 1 unspecified atom stereocenters. The lowest BCUT2D eigenvalue weighted by molar-refractivity contribution is -0.126. The van der Waals surface area contributed by atoms with Crippen molar-refractivity contribution in [2.75, 3.05) is 6.54 Å². The molecular formula is C14H25NO. The zero-order valence-corrected chi connectivity index (χ0v) is 10.5. The lowest BCUT2D eigenvalue weighted by atomic mass is 9.79. The fourth-order valence-corrected chi connectivity index (χ4v) is 3.10. The second-order valence-electron chi connectivity index (χ2n) is 5.72. The van der Waals surface area contributed by atoms with Crippen molar-refractivity contribution < 1.29 is 4.79 Å². The Morgan fingerprint density at radius 1 is 1.00 bits per heavy atom. The normalized spacial score (nSPS) is 36.7. The number of carbonyl (C=O) groups excluding carboxylic acids is 1. The summed E-state index contributed by atoms with van der Waals surface area (Å²) in [6.07, 6.45) is 9.62. The fourth-order valence-electron chi connectivity index (χ4n) is 3.10. The van der Waals surface area contributed by atoms with Crippen LogP contribution < -0.4 is 5.32 Å². The van der Waals surface area contributed by atoms with Crippen LogP contribution in [0.5, 0.6) is 0 Å². The Kier molecular flexibility index (Phi) is 4.39. The minimum absolute atomic E-state index is 0.181. The average molecular weight is 223 g/mol. The van der Waals surface area contributed by atoms with Crippen LogP contribution in [0.3, 0.4) is 0 Å². The molecule has 0 aromatic rings. The first-order valence-corrected chi connectivity index (χ1v) is 7.04. The second kappa shape index (κ2) is 5.81. The molecule has 1 N–H and O–H groups in total. The molecule has 92 valence electrons. The molecule has 1 saturated carbocycles. The summed E-state index contributed by atoms with van der Waals surface area (Å²) in [7, 11) is 0. The van der Waals surface area contributed by atoms with E-state index in [1.165, 1.54) is 32.1 Å². The standard InChI is InChI=1S/C14H25NO/c1-11-6-8-12(9-7-11)14(16)13-5-3-2-4-10-15-13/h11-13,15H,2-10H2,1H3. The first-order chi connectivity index (χ1) is 7.77. The molecule has 1 aliphatic carbocycles. The summed E-state index contributed by atoms with van der Waals surface area (Å²) in [5.41, 5.74) is 0. The highest BCUT2D eigenvalue weighted by Gasteiger charge is 2.29. The van der Waals surface area contributed by atoms with E-state index in [9.17, 15) is 4.79 Å². The van der Waals surface area contributed by atoms with Gasteiger partial charge in [-0.25, -0.2) is 0 Å². The molecule has 2 aliphatic rings. The van der Waals surface area contributed by atoms with E-state index in [1.807, 2.05) is 0 Å². The summed E-state index contributed by atoms with van der Waals surface area (Å²) in [6, 6.07) is 0.181. The summed E-state index contributed by atoms with van der Waals surface area (Å²) in [6.45, 7) is 3.35. The third kappa shape index (κ3) is 3.07. The average Bonchev–Trinajstić information content (AvgIpc) is 2.57. The van der Waals surface area contributed by atoms with Crippen molar-refractivity contribution in [3.63, 3.8) is 0 Å². The van der Waals surface area contributed by atoms with Gasteiger partial charge >= 0.3 is 0 Å². The molecule has 2 fully saturated rings. The van der Waals surface area contributed by atoms with Crippen LogP contribution in [0.1, 0.15) is 58.3 Å². The van der Waals surface area contributed by atoms with Crippen molar-refractivity contribution >= 4 is 5.78 Å². The van der Waals surface area contributed by atoms with Crippen LogP contribution in [-0.2, 0) is 4.79 Å². The molecular weight excluding hydrogens is 198 g/mol. The van der Waals surface area contributed by atoms with E-state index in [4.69, 9.17) is 0 Å². The van der Waals surface area contributed by atoms with Crippen LogP contribution in [0.25, 0.3) is 0 Å². The lowest BCUT2D eigenvalue weighted by Crippen LogP contribution is -2.40. The van der Waals surface area contributed by atoms with Crippen LogP contribution >= 0.6 is 0 Å². The van der Waals surface area contributed by atoms with E-state index in [0.29, 0.717) is 11.7 Å². The highest BCUT2D eigenvalue weighted by Crippen LogP contribution is 2.30. The molecule has 16 heavy (non-hydrogen) atoms. The van der Waals surface area contributed by atoms with Gasteiger partial charge in [0.15, 0.2) is 5.78 Å². The Morgan fingerprint density at radius 3 is 2.50 bits per heavy atom. The molecule has 0 radical (unpaired) electrons. The molecule has 0 spiro atoms. The maximum absolute atomic E-state index is 12.4. The predicted octanol–water partition coefficient (Wildman–Crippen LogP) is 2.91. The third-order valence-corrected chi connectivity index (χ3v) is 4.32. The van der Waals surface area contributed by atoms with Gasteiger partial charge in [-0.1, -0.05) is 32.6 Å². The molecule has 0 bridgehead atoms. The van der Waals surface area contributed by atoms with Gasteiger partial charge in [0.1, 0.15) is 0 Å². The van der Waals surface area contributed by atoms with Crippen molar-refractivity contribution in [2.45, 2.75) is 64.3 Å². The molecule has 1 saturated heterocycles. The van der Waals surface area contributed by atoms with E-state index < -0.39 is 0 Å². The summed E-state index contributed by atoms with van der Waals surface area (Å²) < 4.78 is 0. The molecule has 2 rings (SSSR count). The zero-order valence-electron chi connectivity index (χ0n) is 10.5. The second-order valence-corrected chi connectivity index (χ2v) is 5.72. The van der Waals surface area contributed by atoms with Gasteiger partial charge in [0, 0.05) is 5.92 Å². The topological polar surface area (TPSA) is 29.1 Å².